The van der Waals surface area contributed by atoms with E-state index < -0.39 is 72.8 Å². The molecule has 0 radical (unpaired) electrons. The number of cyclic esters (lactones) is 1. The second-order valence-electron chi connectivity index (χ2n) is 11.3. The Hall–Kier alpha value is -3.41. The van der Waals surface area contributed by atoms with Crippen LogP contribution >= 0.6 is 0 Å². The maximum atomic E-state index is 13.4. The van der Waals surface area contributed by atoms with Gasteiger partial charge in [-0.2, -0.15) is 0 Å². The summed E-state index contributed by atoms with van der Waals surface area (Å²) >= 11 is 0. The number of fused-ring (bicyclic) bond motifs is 4. The Kier molecular flexibility index (Phi) is 7.06. The van der Waals surface area contributed by atoms with Gasteiger partial charge < -0.3 is 63.4 Å². The molecule has 0 saturated carbocycles. The largest absolute Gasteiger partial charge is 0.502 e. The number of esters is 1. The van der Waals surface area contributed by atoms with Crippen molar-refractivity contribution in [1.29, 1.82) is 0 Å². The molecule has 0 amide bonds. The average Bonchev–Trinajstić information content (AvgIpc) is 3.61. The Morgan fingerprint density at radius 2 is 1.57 bits per heavy atom. The number of aliphatic hydroxyl groups is 4. The molecule has 15 heteroatoms. The summed E-state index contributed by atoms with van der Waals surface area (Å²) in [6, 6.07) is 6.65. The van der Waals surface area contributed by atoms with Gasteiger partial charge in [-0.1, -0.05) is 0 Å². The molecular formula is C29H32O15. The number of phenolic OH excluding ortho intramolecular Hbond substituents is 1. The Balaban J connectivity index is 1.32. The van der Waals surface area contributed by atoms with Crippen molar-refractivity contribution < 1.29 is 73.0 Å². The van der Waals surface area contributed by atoms with Gasteiger partial charge in [-0.3, -0.25) is 9.53 Å². The van der Waals surface area contributed by atoms with Gasteiger partial charge in [0, 0.05) is 11.8 Å². The van der Waals surface area contributed by atoms with Crippen LogP contribution in [0.5, 0.6) is 28.7 Å². The zero-order valence-electron chi connectivity index (χ0n) is 23.8. The SMILES string of the molecule is COc1cc(C2c3cc4c(cc3C(OC3OC5C(OC(C)OC5(O)O)C(O)C3O)C3COC(=O)C23)OCO4)cc(OC)c1O. The molecule has 0 spiro atoms. The number of hydrogen-bond donors (Lipinski definition) is 5. The number of ether oxygens (including phenoxy) is 9. The lowest BCUT2D eigenvalue weighted by atomic mass is 9.66. The van der Waals surface area contributed by atoms with E-state index in [-0.39, 0.29) is 30.6 Å². The summed E-state index contributed by atoms with van der Waals surface area (Å²) in [5.74, 6) is -4.61. The van der Waals surface area contributed by atoms with E-state index in [2.05, 4.69) is 0 Å². The number of benzene rings is 2. The Morgan fingerprint density at radius 3 is 2.23 bits per heavy atom. The quantitative estimate of drug-likeness (QED) is 0.220. The molecule has 10 unspecified atom stereocenters. The number of aliphatic hydroxyl groups excluding tert-OH is 2. The number of methoxy groups -OCH3 is 2. The maximum Gasteiger partial charge on any atom is 0.310 e. The van der Waals surface area contributed by atoms with Gasteiger partial charge in [0.2, 0.25) is 12.5 Å². The van der Waals surface area contributed by atoms with Crippen molar-refractivity contribution >= 4 is 5.97 Å². The number of phenols is 1. The zero-order valence-corrected chi connectivity index (χ0v) is 23.8. The average molecular weight is 621 g/mol. The predicted molar refractivity (Wildman–Crippen MR) is 141 cm³/mol. The number of rotatable bonds is 5. The lowest BCUT2D eigenvalue weighted by molar-refractivity contribution is -0.497. The molecule has 0 bridgehead atoms. The summed E-state index contributed by atoms with van der Waals surface area (Å²) < 4.78 is 50.3. The first kappa shape index (κ1) is 29.3. The first-order valence-electron chi connectivity index (χ1n) is 14.0. The molecule has 2 aromatic carbocycles. The molecule has 3 fully saturated rings. The summed E-state index contributed by atoms with van der Waals surface area (Å²) in [5.41, 5.74) is 1.71. The first-order chi connectivity index (χ1) is 21.0. The third-order valence-corrected chi connectivity index (χ3v) is 8.86. The van der Waals surface area contributed by atoms with Crippen molar-refractivity contribution in [2.45, 2.75) is 61.9 Å². The van der Waals surface area contributed by atoms with Gasteiger partial charge >= 0.3 is 11.9 Å². The monoisotopic (exact) mass is 620 g/mol. The highest BCUT2D eigenvalue weighted by molar-refractivity contribution is 5.79. The second kappa shape index (κ2) is 10.6. The lowest BCUT2D eigenvalue weighted by Gasteiger charge is -2.51. The summed E-state index contributed by atoms with van der Waals surface area (Å²) in [4.78, 5) is 13.4. The van der Waals surface area contributed by atoms with E-state index in [1.807, 2.05) is 0 Å². The highest BCUT2D eigenvalue weighted by atomic mass is 16.9. The number of aromatic hydroxyl groups is 1. The van der Waals surface area contributed by atoms with Crippen molar-refractivity contribution in [3.8, 4) is 28.7 Å². The fourth-order valence-electron chi connectivity index (χ4n) is 6.89. The standard InChI is InChI=1S/C29H32O15/c1-10-41-25-22(31)23(32)28(43-26(25)29(34,35)44-10)42-24-13-7-16-15(39-9-40-16)6-12(13)19(20-14(24)8-38-27(20)33)11-4-17(36-2)21(30)18(5-11)37-3/h4-7,10,14,19-20,22-26,28,30-32,34-35H,8-9H2,1-3H3. The Morgan fingerprint density at radius 1 is 0.909 bits per heavy atom. The minimum absolute atomic E-state index is 0.0304. The topological polar surface area (TPSA) is 201 Å². The number of carbonyl (C=O) groups excluding carboxylic acids is 1. The van der Waals surface area contributed by atoms with Gasteiger partial charge in [0.1, 0.15) is 18.3 Å². The molecule has 10 atom stereocenters. The van der Waals surface area contributed by atoms with Crippen LogP contribution in [0.15, 0.2) is 24.3 Å². The summed E-state index contributed by atoms with van der Waals surface area (Å²) in [7, 11) is 2.79. The third-order valence-electron chi connectivity index (χ3n) is 8.86. The van der Waals surface area contributed by atoms with Crippen LogP contribution in [-0.4, -0.2) is 102 Å². The van der Waals surface area contributed by atoms with E-state index in [0.717, 1.165) is 0 Å². The van der Waals surface area contributed by atoms with Crippen LogP contribution in [0, 0.1) is 11.8 Å². The fourth-order valence-corrected chi connectivity index (χ4v) is 6.89. The maximum absolute atomic E-state index is 13.4. The molecule has 2 aromatic rings. The fraction of sp³-hybridized carbons (Fsp3) is 0.552. The van der Waals surface area contributed by atoms with Gasteiger partial charge in [0.15, 0.2) is 41.7 Å². The van der Waals surface area contributed by atoms with Crippen molar-refractivity contribution in [3.05, 3.63) is 41.0 Å². The van der Waals surface area contributed by atoms with Crippen molar-refractivity contribution in [2.24, 2.45) is 11.8 Å². The van der Waals surface area contributed by atoms with Crippen LogP contribution < -0.4 is 18.9 Å². The molecule has 7 rings (SSSR count). The summed E-state index contributed by atoms with van der Waals surface area (Å²) in [6.45, 7) is 1.31. The van der Waals surface area contributed by atoms with Crippen LogP contribution in [0.4, 0.5) is 0 Å². The predicted octanol–water partition coefficient (Wildman–Crippen LogP) is -0.0230. The summed E-state index contributed by atoms with van der Waals surface area (Å²) in [6.07, 6.45) is -10.0. The molecule has 4 aliphatic heterocycles. The lowest BCUT2D eigenvalue weighted by Crippen LogP contribution is -2.70. The molecule has 3 saturated heterocycles. The molecule has 238 valence electrons. The number of hydrogen-bond acceptors (Lipinski definition) is 15. The van der Waals surface area contributed by atoms with E-state index in [1.165, 1.54) is 21.1 Å². The highest BCUT2D eigenvalue weighted by Gasteiger charge is 2.60. The van der Waals surface area contributed by atoms with E-state index in [9.17, 15) is 30.3 Å². The number of carbonyl (C=O) groups is 1. The molecular weight excluding hydrogens is 588 g/mol. The van der Waals surface area contributed by atoms with E-state index in [4.69, 9.17) is 42.6 Å². The second-order valence-corrected chi connectivity index (χ2v) is 11.3. The molecule has 1 aliphatic carbocycles. The van der Waals surface area contributed by atoms with E-state index in [1.54, 1.807) is 24.3 Å². The molecule has 4 heterocycles. The normalized spacial score (nSPS) is 36.6. The van der Waals surface area contributed by atoms with E-state index >= 15 is 0 Å². The van der Waals surface area contributed by atoms with Gasteiger partial charge in [0.25, 0.3) is 0 Å². The molecule has 5 aliphatic rings. The summed E-state index contributed by atoms with van der Waals surface area (Å²) in [5, 5.41) is 53.6. The van der Waals surface area contributed by atoms with E-state index in [0.29, 0.717) is 28.2 Å². The first-order valence-corrected chi connectivity index (χ1v) is 14.0. The Labute approximate surface area is 250 Å². The van der Waals surface area contributed by atoms with Crippen molar-refractivity contribution in [3.63, 3.8) is 0 Å². The molecule has 5 N–H and O–H groups in total. The Bertz CT molecular complexity index is 1440. The van der Waals surface area contributed by atoms with Crippen LogP contribution in [0.2, 0.25) is 0 Å². The van der Waals surface area contributed by atoms with Crippen LogP contribution in [0.3, 0.4) is 0 Å². The van der Waals surface area contributed by atoms with Gasteiger partial charge in [-0.25, -0.2) is 0 Å². The zero-order chi connectivity index (χ0) is 31.1. The van der Waals surface area contributed by atoms with Crippen LogP contribution in [-0.2, 0) is 28.5 Å². The van der Waals surface area contributed by atoms with Crippen LogP contribution in [0.25, 0.3) is 0 Å². The molecule has 15 nitrogen and oxygen atoms in total. The third kappa shape index (κ3) is 4.46. The van der Waals surface area contributed by atoms with Crippen molar-refractivity contribution in [1.82, 2.24) is 0 Å². The van der Waals surface area contributed by atoms with Crippen LogP contribution in [0.1, 0.15) is 35.6 Å². The molecule has 0 aromatic heterocycles. The molecule has 44 heavy (non-hydrogen) atoms. The van der Waals surface area contributed by atoms with Crippen molar-refractivity contribution in [2.75, 3.05) is 27.6 Å². The van der Waals surface area contributed by atoms with Gasteiger partial charge in [-0.15, -0.1) is 0 Å². The van der Waals surface area contributed by atoms with Gasteiger partial charge in [-0.05, 0) is 47.9 Å². The van der Waals surface area contributed by atoms with Gasteiger partial charge in [0.05, 0.1) is 32.8 Å². The minimum Gasteiger partial charge on any atom is -0.502 e. The smallest absolute Gasteiger partial charge is 0.310 e. The minimum atomic E-state index is -2.86. The highest BCUT2D eigenvalue weighted by Crippen LogP contribution is 2.57.